The third-order valence-electron chi connectivity index (χ3n) is 10.6. The Bertz CT molecular complexity index is 1710. The van der Waals surface area contributed by atoms with Crippen LogP contribution in [0.15, 0.2) is 34.3 Å². The van der Waals surface area contributed by atoms with Crippen molar-refractivity contribution < 1.29 is 42.2 Å². The smallest absolute Gasteiger partial charge is 0.308 e. The van der Waals surface area contributed by atoms with Crippen LogP contribution in [-0.4, -0.2) is 65.2 Å². The molecule has 12 nitrogen and oxygen atoms in total. The number of oxime groups is 1. The Morgan fingerprint density at radius 2 is 1.74 bits per heavy atom. The van der Waals surface area contributed by atoms with E-state index in [0.717, 1.165) is 25.3 Å². The van der Waals surface area contributed by atoms with E-state index in [2.05, 4.69) is 17.4 Å². The van der Waals surface area contributed by atoms with E-state index in [4.69, 9.17) is 19.0 Å². The van der Waals surface area contributed by atoms with E-state index in [9.17, 15) is 28.0 Å². The highest BCUT2D eigenvalue weighted by atomic mass is 19.1. The molecule has 3 atom stereocenters. The molecule has 0 saturated carbocycles. The predicted molar refractivity (Wildman–Crippen MR) is 193 cm³/mol. The number of pyridine rings is 1. The van der Waals surface area contributed by atoms with Crippen molar-refractivity contribution in [2.24, 2.45) is 5.16 Å². The highest BCUT2D eigenvalue weighted by molar-refractivity contribution is 5.99. The van der Waals surface area contributed by atoms with Crippen LogP contribution in [0.25, 0.3) is 0 Å². The zero-order chi connectivity index (χ0) is 38.0. The van der Waals surface area contributed by atoms with Gasteiger partial charge in [-0.25, -0.2) is 8.78 Å². The van der Waals surface area contributed by atoms with Gasteiger partial charge < -0.3 is 33.8 Å². The van der Waals surface area contributed by atoms with Crippen LogP contribution in [0.2, 0.25) is 0 Å². The molecule has 1 fully saturated rings. The van der Waals surface area contributed by atoms with Gasteiger partial charge in [-0.3, -0.25) is 19.2 Å². The second kappa shape index (κ2) is 18.5. The van der Waals surface area contributed by atoms with Gasteiger partial charge >= 0.3 is 5.97 Å². The minimum atomic E-state index is -0.970. The van der Waals surface area contributed by atoms with Crippen molar-refractivity contribution in [2.45, 2.75) is 134 Å². The van der Waals surface area contributed by atoms with E-state index in [0.29, 0.717) is 31.2 Å². The fourth-order valence-electron chi connectivity index (χ4n) is 7.41. The summed E-state index contributed by atoms with van der Waals surface area (Å²) in [5, 5.41) is 6.65. The molecule has 0 unspecified atom stereocenters. The monoisotopic (exact) mass is 742 g/mol. The van der Waals surface area contributed by atoms with Gasteiger partial charge in [0.1, 0.15) is 17.2 Å². The number of esters is 1. The molecule has 5 rings (SSSR count). The van der Waals surface area contributed by atoms with E-state index < -0.39 is 64.6 Å². The molecule has 3 aliphatic heterocycles. The van der Waals surface area contributed by atoms with Crippen molar-refractivity contribution in [2.75, 3.05) is 20.4 Å². The largest absolute Gasteiger partial charge is 0.482 e. The summed E-state index contributed by atoms with van der Waals surface area (Å²) in [7, 11) is 1.49. The molecular formula is C39H52F2N4O8. The number of benzene rings is 1. The van der Waals surface area contributed by atoms with Crippen molar-refractivity contribution in [3.05, 3.63) is 63.1 Å². The number of hydrogen-bond donors (Lipinski definition) is 1. The van der Waals surface area contributed by atoms with Crippen LogP contribution in [0.4, 0.5) is 8.78 Å². The molecule has 1 saturated heterocycles. The Balaban J connectivity index is 1.31. The summed E-state index contributed by atoms with van der Waals surface area (Å²) in [6.45, 7) is 3.31. The number of amides is 2. The van der Waals surface area contributed by atoms with Crippen LogP contribution in [-0.2, 0) is 25.7 Å². The molecule has 4 heterocycles. The van der Waals surface area contributed by atoms with Gasteiger partial charge in [0.25, 0.3) is 11.8 Å². The third kappa shape index (κ3) is 9.55. The van der Waals surface area contributed by atoms with Crippen molar-refractivity contribution in [3.63, 3.8) is 0 Å². The van der Waals surface area contributed by atoms with E-state index in [1.165, 1.54) is 68.9 Å². The molecular weight excluding hydrogens is 690 g/mol. The molecule has 2 amide bonds. The first-order chi connectivity index (χ1) is 25.6. The highest BCUT2D eigenvalue weighted by Crippen LogP contribution is 2.46. The zero-order valence-electron chi connectivity index (χ0n) is 31.1. The Morgan fingerprint density at radius 3 is 2.40 bits per heavy atom. The number of unbranched alkanes of at least 4 members (excludes halogenated alkanes) is 10. The van der Waals surface area contributed by atoms with E-state index in [1.54, 1.807) is 4.90 Å². The van der Waals surface area contributed by atoms with Gasteiger partial charge in [0, 0.05) is 43.4 Å². The van der Waals surface area contributed by atoms with Gasteiger partial charge in [-0.15, -0.1) is 0 Å². The lowest BCUT2D eigenvalue weighted by atomic mass is 9.85. The Morgan fingerprint density at radius 1 is 1.04 bits per heavy atom. The first-order valence-corrected chi connectivity index (χ1v) is 19.0. The molecule has 1 N–H and O–H groups in total. The van der Waals surface area contributed by atoms with E-state index in [1.807, 2.05) is 6.92 Å². The number of halogens is 2. The van der Waals surface area contributed by atoms with Crippen molar-refractivity contribution in [1.29, 1.82) is 0 Å². The molecule has 53 heavy (non-hydrogen) atoms. The van der Waals surface area contributed by atoms with Crippen LogP contribution in [0.3, 0.4) is 0 Å². The molecule has 14 heteroatoms. The van der Waals surface area contributed by atoms with E-state index >= 15 is 0 Å². The molecule has 0 radical (unpaired) electrons. The van der Waals surface area contributed by atoms with Crippen molar-refractivity contribution >= 4 is 23.7 Å². The number of carbonyl (C=O) groups excluding carboxylic acids is 3. The maximum absolute atomic E-state index is 14.4. The maximum Gasteiger partial charge on any atom is 0.308 e. The maximum atomic E-state index is 14.4. The third-order valence-corrected chi connectivity index (χ3v) is 10.6. The van der Waals surface area contributed by atoms with Crippen LogP contribution in [0.1, 0.15) is 143 Å². The summed E-state index contributed by atoms with van der Waals surface area (Å²) in [5.41, 5.74) is -2.38. The molecule has 1 aromatic carbocycles. The number of nitrogens with zero attached hydrogens (tertiary/aromatic N) is 3. The molecule has 0 aliphatic carbocycles. The lowest BCUT2D eigenvalue weighted by Gasteiger charge is -2.42. The summed E-state index contributed by atoms with van der Waals surface area (Å²) in [4.78, 5) is 62.0. The van der Waals surface area contributed by atoms with Crippen LogP contribution < -0.4 is 15.5 Å². The quantitative estimate of drug-likeness (QED) is 0.0986. The first-order valence-electron chi connectivity index (χ1n) is 19.0. The molecule has 2 aromatic rings. The van der Waals surface area contributed by atoms with Crippen molar-refractivity contribution in [3.8, 4) is 5.75 Å². The average Bonchev–Trinajstić information content (AvgIpc) is 3.52. The topological polar surface area (TPSA) is 138 Å². The lowest BCUT2D eigenvalue weighted by Crippen LogP contribution is -2.52. The summed E-state index contributed by atoms with van der Waals surface area (Å²) < 4.78 is 45.9. The van der Waals surface area contributed by atoms with Crippen LogP contribution >= 0.6 is 0 Å². The van der Waals surface area contributed by atoms with Gasteiger partial charge in [0.2, 0.25) is 23.9 Å². The number of methoxy groups -OCH3 is 1. The Hall–Kier alpha value is -4.49. The number of fused-ring (bicyclic) bond motifs is 5. The molecule has 1 spiro atoms. The number of ether oxygens (including phenoxy) is 3. The highest BCUT2D eigenvalue weighted by Gasteiger charge is 2.55. The minimum Gasteiger partial charge on any atom is -0.482 e. The summed E-state index contributed by atoms with van der Waals surface area (Å²) >= 11 is 0. The van der Waals surface area contributed by atoms with E-state index in [-0.39, 0.29) is 43.2 Å². The van der Waals surface area contributed by atoms with Crippen LogP contribution in [0, 0.1) is 11.6 Å². The van der Waals surface area contributed by atoms with Crippen molar-refractivity contribution in [1.82, 2.24) is 14.8 Å². The lowest BCUT2D eigenvalue weighted by molar-refractivity contribution is -0.150. The zero-order valence-corrected chi connectivity index (χ0v) is 31.1. The number of nitrogens with one attached hydrogen (secondary N) is 1. The van der Waals surface area contributed by atoms with Gasteiger partial charge in [-0.1, -0.05) is 82.4 Å². The fraction of sp³-hybridized carbons (Fsp3) is 0.615. The fourth-order valence-corrected chi connectivity index (χ4v) is 7.41. The number of aromatic nitrogens is 1. The molecule has 3 aliphatic rings. The SMILES string of the molecule is CCCCCCCCCCCCCC(=O)OCOc1c2n(cc(C(=O)NCc3ccc(F)cc3F)c1=O)[C@@H]1CN(C2=O)[C@@H](C)CC[C@]12CC(OC)=NO2. The molecule has 290 valence electrons. The standard InChI is InChI=1S/C39H52F2N4O8/c1-4-5-6-7-8-9-10-11-12-13-14-15-33(46)51-25-52-36-34-38(49)44-24-31(39(19-18-26(44)2)21-32(50-3)43-53-39)45(34)23-29(35(36)47)37(48)42-22-27-16-17-28(40)20-30(27)41/h16-17,20,23,26,31H,4-15,18-19,21-22,24-25H2,1-3H3,(H,42,48)/t26-,31+,39-/m0/s1. The van der Waals surface area contributed by atoms with Gasteiger partial charge in [0.15, 0.2) is 11.3 Å². The van der Waals surface area contributed by atoms with Crippen LogP contribution in [0.5, 0.6) is 5.75 Å². The number of rotatable bonds is 18. The normalized spacial score (nSPS) is 20.4. The molecule has 2 bridgehead atoms. The molecule has 1 aromatic heterocycles. The Labute approximate surface area is 309 Å². The summed E-state index contributed by atoms with van der Waals surface area (Å²) in [5.74, 6) is -3.60. The van der Waals surface area contributed by atoms with Gasteiger partial charge in [-0.2, -0.15) is 0 Å². The average molecular weight is 743 g/mol. The number of hydrogen-bond acceptors (Lipinski definition) is 9. The minimum absolute atomic E-state index is 0.00475. The predicted octanol–water partition coefficient (Wildman–Crippen LogP) is 6.94. The summed E-state index contributed by atoms with van der Waals surface area (Å²) in [6, 6.07) is 2.10. The second-order valence-electron chi connectivity index (χ2n) is 14.3. The Kier molecular flexibility index (Phi) is 13.9. The van der Waals surface area contributed by atoms with Gasteiger partial charge in [-0.05, 0) is 32.3 Å². The van der Waals surface area contributed by atoms with Gasteiger partial charge in [0.05, 0.1) is 19.6 Å². The number of carbonyl (C=O) groups is 3. The first kappa shape index (κ1) is 39.7. The second-order valence-corrected chi connectivity index (χ2v) is 14.3. The summed E-state index contributed by atoms with van der Waals surface area (Å²) in [6.07, 6.45) is 15.3.